The van der Waals surface area contributed by atoms with E-state index in [1.54, 1.807) is 36.0 Å². The zero-order chi connectivity index (χ0) is 12.4. The Kier molecular flexibility index (Phi) is 2.74. The monoisotopic (exact) mass is 255 g/mol. The number of aromatic amines is 1. The number of thiophene rings is 1. The Labute approximate surface area is 107 Å². The molecule has 0 bridgehead atoms. The van der Waals surface area contributed by atoms with Gasteiger partial charge in [0.2, 0.25) is 0 Å². The van der Waals surface area contributed by atoms with Crippen molar-refractivity contribution in [3.63, 3.8) is 0 Å². The fraction of sp³-hybridized carbons (Fsp3) is 0. The first-order valence-electron chi connectivity index (χ1n) is 5.39. The van der Waals surface area contributed by atoms with Crippen molar-refractivity contribution < 1.29 is 0 Å². The van der Waals surface area contributed by atoms with Crippen LogP contribution in [0, 0.1) is 0 Å². The average Bonchev–Trinajstić information content (AvgIpc) is 2.93. The van der Waals surface area contributed by atoms with Gasteiger partial charge in [0.25, 0.3) is 5.56 Å². The van der Waals surface area contributed by atoms with E-state index in [0.717, 1.165) is 10.4 Å². The highest BCUT2D eigenvalue weighted by Gasteiger charge is 2.13. The van der Waals surface area contributed by atoms with Gasteiger partial charge in [-0.3, -0.25) is 4.79 Å². The van der Waals surface area contributed by atoms with Crippen molar-refractivity contribution >= 4 is 11.3 Å². The van der Waals surface area contributed by atoms with Crippen LogP contribution in [0.25, 0.3) is 21.8 Å². The number of aromatic nitrogens is 3. The van der Waals surface area contributed by atoms with Gasteiger partial charge in [0.15, 0.2) is 5.82 Å². The van der Waals surface area contributed by atoms with Crippen LogP contribution in [-0.2, 0) is 0 Å². The smallest absolute Gasteiger partial charge is 0.259 e. The van der Waals surface area contributed by atoms with Crippen molar-refractivity contribution in [2.24, 2.45) is 0 Å². The van der Waals surface area contributed by atoms with Crippen LogP contribution in [0.5, 0.6) is 0 Å². The summed E-state index contributed by atoms with van der Waals surface area (Å²) in [6, 6.07) is 7.53. The van der Waals surface area contributed by atoms with Crippen LogP contribution in [-0.4, -0.2) is 15.0 Å². The van der Waals surface area contributed by atoms with Crippen molar-refractivity contribution in [1.29, 1.82) is 0 Å². The molecule has 1 N–H and O–H groups in total. The van der Waals surface area contributed by atoms with Gasteiger partial charge < -0.3 is 4.98 Å². The molecule has 0 aliphatic rings. The van der Waals surface area contributed by atoms with E-state index in [1.807, 2.05) is 23.6 Å². The Morgan fingerprint density at radius 1 is 1.11 bits per heavy atom. The molecule has 5 heteroatoms. The molecule has 18 heavy (non-hydrogen) atoms. The fourth-order valence-corrected chi connectivity index (χ4v) is 2.52. The van der Waals surface area contributed by atoms with E-state index in [2.05, 4.69) is 15.0 Å². The maximum absolute atomic E-state index is 12.0. The Morgan fingerprint density at radius 3 is 2.67 bits per heavy atom. The van der Waals surface area contributed by atoms with E-state index < -0.39 is 0 Å². The molecule has 3 aromatic heterocycles. The maximum Gasteiger partial charge on any atom is 0.259 e. The minimum absolute atomic E-state index is 0.174. The van der Waals surface area contributed by atoms with Gasteiger partial charge in [-0.05, 0) is 23.6 Å². The SMILES string of the molecule is O=c1[nH]ccc(-c2cccs2)c1-c1ncccn1. The normalized spacial score (nSPS) is 10.4. The summed E-state index contributed by atoms with van der Waals surface area (Å²) in [6.45, 7) is 0. The van der Waals surface area contributed by atoms with Crippen LogP contribution in [0.3, 0.4) is 0 Å². The Bertz CT molecular complexity index is 705. The number of H-pyrrole nitrogens is 1. The molecule has 0 saturated carbocycles. The topological polar surface area (TPSA) is 58.6 Å². The predicted molar refractivity (Wildman–Crippen MR) is 71.4 cm³/mol. The van der Waals surface area contributed by atoms with E-state index in [1.165, 1.54) is 0 Å². The second-order valence-electron chi connectivity index (χ2n) is 3.65. The van der Waals surface area contributed by atoms with E-state index in [9.17, 15) is 4.79 Å². The fourth-order valence-electron chi connectivity index (χ4n) is 1.77. The number of pyridine rings is 1. The molecule has 0 amide bonds. The molecule has 0 radical (unpaired) electrons. The second-order valence-corrected chi connectivity index (χ2v) is 4.59. The number of nitrogens with one attached hydrogen (secondary N) is 1. The van der Waals surface area contributed by atoms with Gasteiger partial charge in [0, 0.05) is 29.0 Å². The summed E-state index contributed by atoms with van der Waals surface area (Å²) in [5.41, 5.74) is 1.20. The van der Waals surface area contributed by atoms with Crippen molar-refractivity contribution in [2.45, 2.75) is 0 Å². The minimum Gasteiger partial charge on any atom is -0.328 e. The summed E-state index contributed by atoms with van der Waals surface area (Å²) in [5, 5.41) is 1.98. The van der Waals surface area contributed by atoms with Crippen LogP contribution >= 0.6 is 11.3 Å². The molecule has 3 aromatic rings. The molecule has 0 saturated heterocycles. The third kappa shape index (κ3) is 1.84. The van der Waals surface area contributed by atoms with Gasteiger partial charge in [0.05, 0.1) is 5.56 Å². The van der Waals surface area contributed by atoms with E-state index in [4.69, 9.17) is 0 Å². The lowest BCUT2D eigenvalue weighted by Crippen LogP contribution is -2.10. The molecule has 0 aliphatic carbocycles. The number of rotatable bonds is 2. The van der Waals surface area contributed by atoms with Gasteiger partial charge in [0.1, 0.15) is 0 Å². The molecule has 3 rings (SSSR count). The molecule has 0 atom stereocenters. The summed E-state index contributed by atoms with van der Waals surface area (Å²) in [6.07, 6.45) is 4.91. The summed E-state index contributed by atoms with van der Waals surface area (Å²) in [4.78, 5) is 24.0. The lowest BCUT2D eigenvalue weighted by atomic mass is 10.1. The molecule has 0 fully saturated rings. The van der Waals surface area contributed by atoms with Crippen molar-refractivity contribution in [3.8, 4) is 21.8 Å². The van der Waals surface area contributed by atoms with E-state index >= 15 is 0 Å². The number of hydrogen-bond donors (Lipinski definition) is 1. The zero-order valence-electron chi connectivity index (χ0n) is 9.33. The third-order valence-corrected chi connectivity index (χ3v) is 3.44. The van der Waals surface area contributed by atoms with E-state index in [0.29, 0.717) is 11.4 Å². The van der Waals surface area contributed by atoms with Crippen LogP contribution in [0.15, 0.2) is 53.0 Å². The highest BCUT2D eigenvalue weighted by atomic mass is 32.1. The number of hydrogen-bond acceptors (Lipinski definition) is 4. The highest BCUT2D eigenvalue weighted by molar-refractivity contribution is 7.13. The predicted octanol–water partition coefficient (Wildman–Crippen LogP) is 2.56. The van der Waals surface area contributed by atoms with Crippen LogP contribution < -0.4 is 5.56 Å². The molecular weight excluding hydrogens is 246 g/mol. The summed E-state index contributed by atoms with van der Waals surface area (Å²) in [7, 11) is 0. The van der Waals surface area contributed by atoms with Gasteiger partial charge in [-0.15, -0.1) is 11.3 Å². The summed E-state index contributed by atoms with van der Waals surface area (Å²) < 4.78 is 0. The van der Waals surface area contributed by atoms with E-state index in [-0.39, 0.29) is 5.56 Å². The van der Waals surface area contributed by atoms with Crippen LogP contribution in [0.2, 0.25) is 0 Å². The van der Waals surface area contributed by atoms with Crippen molar-refractivity contribution in [2.75, 3.05) is 0 Å². The van der Waals surface area contributed by atoms with Crippen LogP contribution in [0.1, 0.15) is 0 Å². The molecule has 0 unspecified atom stereocenters. The number of nitrogens with zero attached hydrogens (tertiary/aromatic N) is 2. The molecule has 0 aliphatic heterocycles. The molecule has 4 nitrogen and oxygen atoms in total. The lowest BCUT2D eigenvalue weighted by molar-refractivity contribution is 1.14. The second kappa shape index (κ2) is 4.54. The van der Waals surface area contributed by atoms with Gasteiger partial charge >= 0.3 is 0 Å². The Morgan fingerprint density at radius 2 is 1.94 bits per heavy atom. The largest absolute Gasteiger partial charge is 0.328 e. The zero-order valence-corrected chi connectivity index (χ0v) is 10.1. The maximum atomic E-state index is 12.0. The average molecular weight is 255 g/mol. The van der Waals surface area contributed by atoms with Crippen molar-refractivity contribution in [1.82, 2.24) is 15.0 Å². The first-order valence-corrected chi connectivity index (χ1v) is 6.27. The summed E-state index contributed by atoms with van der Waals surface area (Å²) in [5.74, 6) is 0.447. The van der Waals surface area contributed by atoms with Crippen molar-refractivity contribution in [3.05, 3.63) is 58.6 Å². The first-order chi connectivity index (χ1) is 8.86. The Hall–Kier alpha value is -2.27. The van der Waals surface area contributed by atoms with Gasteiger partial charge in [-0.1, -0.05) is 6.07 Å². The quantitative estimate of drug-likeness (QED) is 0.765. The molecular formula is C13H9N3OS. The van der Waals surface area contributed by atoms with Crippen LogP contribution in [0.4, 0.5) is 0 Å². The first kappa shape index (κ1) is 10.9. The highest BCUT2D eigenvalue weighted by Crippen LogP contribution is 2.29. The summed E-state index contributed by atoms with van der Waals surface area (Å²) >= 11 is 1.59. The molecule has 0 spiro atoms. The Balaban J connectivity index is 2.29. The van der Waals surface area contributed by atoms with Gasteiger partial charge in [-0.25, -0.2) is 9.97 Å². The minimum atomic E-state index is -0.174. The van der Waals surface area contributed by atoms with Gasteiger partial charge in [-0.2, -0.15) is 0 Å². The molecule has 3 heterocycles. The molecule has 88 valence electrons. The third-order valence-electron chi connectivity index (χ3n) is 2.54. The standard InChI is InChI=1S/C13H9N3OS/c17-13-11(12-14-5-2-6-15-12)9(4-7-16-13)10-3-1-8-18-10/h1-8H,(H,16,17). The lowest BCUT2D eigenvalue weighted by Gasteiger charge is -2.04. The molecule has 0 aromatic carbocycles.